The Hall–Kier alpha value is -2.95. The molecular weight excluding hydrogens is 278 g/mol. The van der Waals surface area contributed by atoms with Crippen LogP contribution in [0.1, 0.15) is 16.1 Å². The average molecular weight is 293 g/mol. The van der Waals surface area contributed by atoms with Gasteiger partial charge in [0.2, 0.25) is 0 Å². The standard InChI is InChI=1S/C17H15N3O2/c1-22-13-5-2-4-12(10-13)11-19-17(21)16-8-7-14-15(20-16)6-3-9-18-14/h2-10H,11H2,1H3,(H,19,21). The highest BCUT2D eigenvalue weighted by atomic mass is 16.5. The van der Waals surface area contributed by atoms with Gasteiger partial charge in [0.15, 0.2) is 0 Å². The number of amides is 1. The second-order valence-corrected chi connectivity index (χ2v) is 4.77. The fourth-order valence-electron chi connectivity index (χ4n) is 2.14. The van der Waals surface area contributed by atoms with Gasteiger partial charge in [-0.15, -0.1) is 0 Å². The van der Waals surface area contributed by atoms with Gasteiger partial charge < -0.3 is 10.1 Å². The zero-order chi connectivity index (χ0) is 15.4. The molecule has 5 nitrogen and oxygen atoms in total. The van der Waals surface area contributed by atoms with Crippen molar-refractivity contribution < 1.29 is 9.53 Å². The van der Waals surface area contributed by atoms with E-state index < -0.39 is 0 Å². The molecule has 0 bridgehead atoms. The van der Waals surface area contributed by atoms with Crippen molar-refractivity contribution in [3.8, 4) is 5.75 Å². The second-order valence-electron chi connectivity index (χ2n) is 4.77. The summed E-state index contributed by atoms with van der Waals surface area (Å²) in [4.78, 5) is 20.7. The molecule has 0 spiro atoms. The van der Waals surface area contributed by atoms with Gasteiger partial charge in [-0.05, 0) is 42.0 Å². The van der Waals surface area contributed by atoms with Crippen molar-refractivity contribution >= 4 is 16.9 Å². The zero-order valence-electron chi connectivity index (χ0n) is 12.1. The molecule has 5 heteroatoms. The number of nitrogens with one attached hydrogen (secondary N) is 1. The number of hydrogen-bond acceptors (Lipinski definition) is 4. The number of fused-ring (bicyclic) bond motifs is 1. The number of ether oxygens (including phenoxy) is 1. The van der Waals surface area contributed by atoms with Gasteiger partial charge in [0.25, 0.3) is 5.91 Å². The van der Waals surface area contributed by atoms with Gasteiger partial charge >= 0.3 is 0 Å². The van der Waals surface area contributed by atoms with E-state index in [9.17, 15) is 4.79 Å². The smallest absolute Gasteiger partial charge is 0.270 e. The Balaban J connectivity index is 1.72. The van der Waals surface area contributed by atoms with E-state index in [1.807, 2.05) is 30.3 Å². The third-order valence-electron chi connectivity index (χ3n) is 3.28. The van der Waals surface area contributed by atoms with Gasteiger partial charge in [-0.3, -0.25) is 9.78 Å². The van der Waals surface area contributed by atoms with Crippen LogP contribution in [0, 0.1) is 0 Å². The minimum Gasteiger partial charge on any atom is -0.497 e. The van der Waals surface area contributed by atoms with E-state index in [1.165, 1.54) is 0 Å². The maximum absolute atomic E-state index is 12.2. The first kappa shape index (κ1) is 14.0. The van der Waals surface area contributed by atoms with Crippen LogP contribution in [0.3, 0.4) is 0 Å². The normalized spacial score (nSPS) is 10.4. The predicted molar refractivity (Wildman–Crippen MR) is 83.7 cm³/mol. The molecular formula is C17H15N3O2. The summed E-state index contributed by atoms with van der Waals surface area (Å²) in [7, 11) is 1.62. The average Bonchev–Trinajstić information content (AvgIpc) is 2.59. The Kier molecular flexibility index (Phi) is 3.96. The van der Waals surface area contributed by atoms with Crippen molar-refractivity contribution in [2.45, 2.75) is 6.54 Å². The zero-order valence-corrected chi connectivity index (χ0v) is 12.1. The lowest BCUT2D eigenvalue weighted by atomic mass is 10.2. The maximum atomic E-state index is 12.2. The first-order valence-electron chi connectivity index (χ1n) is 6.89. The summed E-state index contributed by atoms with van der Waals surface area (Å²) in [5.74, 6) is 0.551. The Morgan fingerprint density at radius 1 is 1.14 bits per heavy atom. The van der Waals surface area contributed by atoms with Gasteiger partial charge in [0, 0.05) is 12.7 Å². The van der Waals surface area contributed by atoms with Gasteiger partial charge in [-0.1, -0.05) is 12.1 Å². The number of nitrogens with zero attached hydrogens (tertiary/aromatic N) is 2. The lowest BCUT2D eigenvalue weighted by molar-refractivity contribution is 0.0946. The van der Waals surface area contributed by atoms with E-state index in [0.717, 1.165) is 16.8 Å². The Morgan fingerprint density at radius 2 is 2.05 bits per heavy atom. The molecule has 3 aromatic rings. The predicted octanol–water partition coefficient (Wildman–Crippen LogP) is 2.57. The molecule has 0 saturated heterocycles. The van der Waals surface area contributed by atoms with E-state index >= 15 is 0 Å². The molecule has 1 amide bonds. The molecule has 110 valence electrons. The Labute approximate surface area is 128 Å². The van der Waals surface area contributed by atoms with Crippen LogP contribution in [0.15, 0.2) is 54.7 Å². The van der Waals surface area contributed by atoms with E-state index in [0.29, 0.717) is 17.8 Å². The third kappa shape index (κ3) is 3.03. The molecule has 0 aliphatic carbocycles. The topological polar surface area (TPSA) is 64.1 Å². The summed E-state index contributed by atoms with van der Waals surface area (Å²) in [5, 5.41) is 2.85. The molecule has 22 heavy (non-hydrogen) atoms. The molecule has 2 heterocycles. The maximum Gasteiger partial charge on any atom is 0.270 e. The molecule has 0 aliphatic rings. The minimum atomic E-state index is -0.214. The Morgan fingerprint density at radius 3 is 2.91 bits per heavy atom. The summed E-state index contributed by atoms with van der Waals surface area (Å²) >= 11 is 0. The van der Waals surface area contributed by atoms with Crippen LogP contribution < -0.4 is 10.1 Å². The summed E-state index contributed by atoms with van der Waals surface area (Å²) in [6.45, 7) is 0.419. The lowest BCUT2D eigenvalue weighted by Gasteiger charge is -2.07. The summed E-state index contributed by atoms with van der Waals surface area (Å²) in [6.07, 6.45) is 1.70. The van der Waals surface area contributed by atoms with Crippen molar-refractivity contribution in [3.05, 3.63) is 66.0 Å². The van der Waals surface area contributed by atoms with Gasteiger partial charge in [-0.25, -0.2) is 4.98 Å². The van der Waals surface area contributed by atoms with Crippen LogP contribution in [-0.2, 0) is 6.54 Å². The number of aromatic nitrogens is 2. The highest BCUT2D eigenvalue weighted by Gasteiger charge is 2.08. The fourth-order valence-corrected chi connectivity index (χ4v) is 2.14. The Bertz CT molecular complexity index is 818. The molecule has 0 unspecified atom stereocenters. The van der Waals surface area contributed by atoms with E-state index in [1.54, 1.807) is 31.5 Å². The number of methoxy groups -OCH3 is 1. The molecule has 0 fully saturated rings. The summed E-state index contributed by atoms with van der Waals surface area (Å²) in [5.41, 5.74) is 2.82. The summed E-state index contributed by atoms with van der Waals surface area (Å²) in [6, 6.07) is 14.7. The molecule has 0 aliphatic heterocycles. The molecule has 3 rings (SSSR count). The third-order valence-corrected chi connectivity index (χ3v) is 3.28. The number of rotatable bonds is 4. The molecule has 1 aromatic carbocycles. The summed E-state index contributed by atoms with van der Waals surface area (Å²) < 4.78 is 5.16. The molecule has 0 radical (unpaired) electrons. The first-order chi connectivity index (χ1) is 10.8. The lowest BCUT2D eigenvalue weighted by Crippen LogP contribution is -2.23. The van der Waals surface area contributed by atoms with Crippen molar-refractivity contribution in [3.63, 3.8) is 0 Å². The van der Waals surface area contributed by atoms with E-state index in [4.69, 9.17) is 4.74 Å². The van der Waals surface area contributed by atoms with Gasteiger partial charge in [-0.2, -0.15) is 0 Å². The minimum absolute atomic E-state index is 0.214. The van der Waals surface area contributed by atoms with Crippen molar-refractivity contribution in [1.29, 1.82) is 0 Å². The quantitative estimate of drug-likeness (QED) is 0.803. The van der Waals surface area contributed by atoms with Crippen molar-refractivity contribution in [1.82, 2.24) is 15.3 Å². The first-order valence-corrected chi connectivity index (χ1v) is 6.89. The highest BCUT2D eigenvalue weighted by Crippen LogP contribution is 2.13. The van der Waals surface area contributed by atoms with Crippen LogP contribution in [0.4, 0.5) is 0 Å². The van der Waals surface area contributed by atoms with E-state index in [2.05, 4.69) is 15.3 Å². The fraction of sp³-hybridized carbons (Fsp3) is 0.118. The van der Waals surface area contributed by atoms with Crippen LogP contribution in [0.5, 0.6) is 5.75 Å². The van der Waals surface area contributed by atoms with E-state index in [-0.39, 0.29) is 5.91 Å². The van der Waals surface area contributed by atoms with Crippen molar-refractivity contribution in [2.75, 3.05) is 7.11 Å². The number of benzene rings is 1. The van der Waals surface area contributed by atoms with Crippen molar-refractivity contribution in [2.24, 2.45) is 0 Å². The number of pyridine rings is 2. The largest absolute Gasteiger partial charge is 0.497 e. The van der Waals surface area contributed by atoms with Crippen LogP contribution in [-0.4, -0.2) is 23.0 Å². The highest BCUT2D eigenvalue weighted by molar-refractivity contribution is 5.94. The molecule has 0 atom stereocenters. The second kappa shape index (κ2) is 6.22. The number of hydrogen-bond donors (Lipinski definition) is 1. The SMILES string of the molecule is COc1cccc(CNC(=O)c2ccc3ncccc3n2)c1. The van der Waals surface area contributed by atoms with Gasteiger partial charge in [0.05, 0.1) is 18.1 Å². The molecule has 2 aromatic heterocycles. The molecule has 0 saturated carbocycles. The van der Waals surface area contributed by atoms with Crippen LogP contribution in [0.2, 0.25) is 0 Å². The van der Waals surface area contributed by atoms with Gasteiger partial charge in [0.1, 0.15) is 11.4 Å². The molecule has 1 N–H and O–H groups in total. The monoisotopic (exact) mass is 293 g/mol. The number of carbonyl (C=O) groups is 1. The van der Waals surface area contributed by atoms with Crippen LogP contribution in [0.25, 0.3) is 11.0 Å². The number of carbonyl (C=O) groups excluding carboxylic acids is 1. The van der Waals surface area contributed by atoms with Crippen LogP contribution >= 0.6 is 0 Å².